The molecule has 2 unspecified atom stereocenters. The van der Waals surface area contributed by atoms with Gasteiger partial charge < -0.3 is 15.1 Å². The van der Waals surface area contributed by atoms with Crippen molar-refractivity contribution in [2.75, 3.05) is 25.4 Å². The molecule has 7 nitrogen and oxygen atoms in total. The predicted molar refractivity (Wildman–Crippen MR) is 86.3 cm³/mol. The minimum atomic E-state index is -3.48. The number of nitrogens with zero attached hydrogens (tertiary/aromatic N) is 3. The summed E-state index contributed by atoms with van der Waals surface area (Å²) in [5.41, 5.74) is 0.398. The van der Waals surface area contributed by atoms with Crippen LogP contribution in [-0.4, -0.2) is 67.4 Å². The average Bonchev–Trinajstić information content (AvgIpc) is 2.78. The van der Waals surface area contributed by atoms with Gasteiger partial charge in [-0.05, 0) is 38.0 Å². The van der Waals surface area contributed by atoms with Crippen LogP contribution in [0.2, 0.25) is 0 Å². The van der Waals surface area contributed by atoms with E-state index < -0.39 is 10.0 Å². The molecule has 0 spiro atoms. The summed E-state index contributed by atoms with van der Waals surface area (Å²) in [6.07, 6.45) is 8.23. The van der Waals surface area contributed by atoms with Gasteiger partial charge in [0.15, 0.2) is 5.84 Å². The number of hydrogen-bond donors (Lipinski definition) is 1. The Morgan fingerprint density at radius 3 is 2.96 bits per heavy atom. The number of rotatable bonds is 1. The zero-order valence-corrected chi connectivity index (χ0v) is 13.6. The molecule has 2 atom stereocenters. The Morgan fingerprint density at radius 2 is 2.09 bits per heavy atom. The van der Waals surface area contributed by atoms with Gasteiger partial charge in [0.1, 0.15) is 0 Å². The molecule has 2 saturated heterocycles. The highest BCUT2D eigenvalue weighted by molar-refractivity contribution is 7.90. The number of hydrogen-bond acceptors (Lipinski definition) is 5. The first-order valence-corrected chi connectivity index (χ1v) is 9.67. The third kappa shape index (κ3) is 2.59. The summed E-state index contributed by atoms with van der Waals surface area (Å²) >= 11 is 0. The van der Waals surface area contributed by atoms with Crippen LogP contribution in [0.15, 0.2) is 28.3 Å². The quantitative estimate of drug-likeness (QED) is 0.719. The molecule has 0 aromatic heterocycles. The number of fused-ring (bicyclic) bond motifs is 3. The molecule has 0 radical (unpaired) electrons. The first-order valence-electron chi connectivity index (χ1n) is 8.07. The van der Waals surface area contributed by atoms with E-state index in [-0.39, 0.29) is 29.6 Å². The van der Waals surface area contributed by atoms with Crippen LogP contribution in [0.4, 0.5) is 0 Å². The van der Waals surface area contributed by atoms with E-state index >= 15 is 0 Å². The third-order valence-corrected chi connectivity index (χ3v) is 6.13. The first-order chi connectivity index (χ1) is 11.1. The molecule has 8 heteroatoms. The molecule has 0 saturated carbocycles. The lowest BCUT2D eigenvalue weighted by molar-refractivity contribution is -0.129. The maximum absolute atomic E-state index is 13.1. The number of nitrogens with one attached hydrogen (secondary N) is 1. The fraction of sp³-hybridized carbons (Fsp3) is 0.600. The second kappa shape index (κ2) is 5.45. The van der Waals surface area contributed by atoms with Crippen molar-refractivity contribution >= 4 is 21.8 Å². The molecular weight excluding hydrogens is 316 g/mol. The summed E-state index contributed by atoms with van der Waals surface area (Å²) in [6, 6.07) is 0.430. The smallest absolute Gasteiger partial charge is 0.258 e. The molecule has 4 aliphatic rings. The van der Waals surface area contributed by atoms with Gasteiger partial charge in [0.25, 0.3) is 15.9 Å². The number of allylic oxidation sites excluding steroid dienone is 2. The van der Waals surface area contributed by atoms with E-state index in [1.807, 2.05) is 4.90 Å². The molecule has 124 valence electrons. The highest BCUT2D eigenvalue weighted by atomic mass is 32.2. The van der Waals surface area contributed by atoms with E-state index in [0.29, 0.717) is 12.1 Å². The standard InChI is InChI=1S/C15H20N4O3S/c20-15(19-11-3-4-12(19)10-16-6-5-11)13-2-1-7-18-8-9-23(21,22)17-14(13)18/h1-2,7,11-12,16H,3-6,8-10H2. The van der Waals surface area contributed by atoms with Crippen LogP contribution in [0.3, 0.4) is 0 Å². The Labute approximate surface area is 135 Å². The van der Waals surface area contributed by atoms with E-state index in [1.54, 1.807) is 23.3 Å². The number of sulfonamides is 1. The number of carbonyl (C=O) groups is 1. The largest absolute Gasteiger partial charge is 0.331 e. The second-order valence-corrected chi connectivity index (χ2v) is 8.16. The van der Waals surface area contributed by atoms with Crippen molar-refractivity contribution in [3.63, 3.8) is 0 Å². The third-order valence-electron chi connectivity index (χ3n) is 4.98. The van der Waals surface area contributed by atoms with Crippen molar-refractivity contribution in [2.24, 2.45) is 4.40 Å². The van der Waals surface area contributed by atoms with Crippen LogP contribution in [0.5, 0.6) is 0 Å². The molecule has 2 bridgehead atoms. The monoisotopic (exact) mass is 336 g/mol. The van der Waals surface area contributed by atoms with Crippen molar-refractivity contribution in [2.45, 2.75) is 31.3 Å². The fourth-order valence-corrected chi connectivity index (χ4v) is 4.82. The van der Waals surface area contributed by atoms with E-state index in [4.69, 9.17) is 0 Å². The molecule has 23 heavy (non-hydrogen) atoms. The van der Waals surface area contributed by atoms with Crippen LogP contribution < -0.4 is 5.32 Å². The lowest BCUT2D eigenvalue weighted by atomic mass is 10.1. The summed E-state index contributed by atoms with van der Waals surface area (Å²) in [6.45, 7) is 2.07. The highest BCUT2D eigenvalue weighted by Crippen LogP contribution is 2.31. The van der Waals surface area contributed by atoms with Gasteiger partial charge in [-0.1, -0.05) is 0 Å². The maximum Gasteiger partial charge on any atom is 0.258 e. The zero-order chi connectivity index (χ0) is 16.0. The van der Waals surface area contributed by atoms with Crippen molar-refractivity contribution in [3.05, 3.63) is 23.9 Å². The van der Waals surface area contributed by atoms with Gasteiger partial charge in [0, 0.05) is 31.4 Å². The van der Waals surface area contributed by atoms with Gasteiger partial charge in [0.2, 0.25) is 0 Å². The number of amides is 1. The van der Waals surface area contributed by atoms with Crippen LogP contribution in [0.25, 0.3) is 0 Å². The molecule has 0 aromatic carbocycles. The minimum absolute atomic E-state index is 0.0127. The van der Waals surface area contributed by atoms with Gasteiger partial charge >= 0.3 is 0 Å². The Bertz CT molecular complexity index is 711. The Morgan fingerprint density at radius 1 is 1.26 bits per heavy atom. The van der Waals surface area contributed by atoms with Crippen LogP contribution >= 0.6 is 0 Å². The summed E-state index contributed by atoms with van der Waals surface area (Å²) < 4.78 is 27.6. The zero-order valence-electron chi connectivity index (χ0n) is 12.8. The van der Waals surface area contributed by atoms with E-state index in [0.717, 1.165) is 32.4 Å². The number of carbonyl (C=O) groups excluding carboxylic acids is 1. The van der Waals surface area contributed by atoms with E-state index in [2.05, 4.69) is 9.71 Å². The molecule has 4 rings (SSSR count). The van der Waals surface area contributed by atoms with Gasteiger partial charge in [0.05, 0.1) is 11.3 Å². The maximum atomic E-state index is 13.1. The molecule has 0 aromatic rings. The molecule has 1 amide bonds. The summed E-state index contributed by atoms with van der Waals surface area (Å²) in [5.74, 6) is 0.174. The van der Waals surface area contributed by atoms with Crippen molar-refractivity contribution < 1.29 is 13.2 Å². The number of amidine groups is 1. The van der Waals surface area contributed by atoms with Crippen molar-refractivity contribution in [1.82, 2.24) is 15.1 Å². The van der Waals surface area contributed by atoms with Crippen molar-refractivity contribution in [1.29, 1.82) is 0 Å². The molecule has 4 heterocycles. The van der Waals surface area contributed by atoms with Crippen molar-refractivity contribution in [3.8, 4) is 0 Å². The van der Waals surface area contributed by atoms with Gasteiger partial charge in [-0.25, -0.2) is 8.42 Å². The topological polar surface area (TPSA) is 82.1 Å². The van der Waals surface area contributed by atoms with Crippen LogP contribution in [0, 0.1) is 0 Å². The fourth-order valence-electron chi connectivity index (χ4n) is 3.84. The van der Waals surface area contributed by atoms with Gasteiger partial charge in [-0.2, -0.15) is 0 Å². The molecule has 1 N–H and O–H groups in total. The van der Waals surface area contributed by atoms with Gasteiger partial charge in [-0.15, -0.1) is 4.40 Å². The van der Waals surface area contributed by atoms with Crippen LogP contribution in [-0.2, 0) is 14.8 Å². The molecule has 4 aliphatic heterocycles. The van der Waals surface area contributed by atoms with E-state index in [9.17, 15) is 13.2 Å². The lowest BCUT2D eigenvalue weighted by Gasteiger charge is -2.33. The molecule has 0 aliphatic carbocycles. The summed E-state index contributed by atoms with van der Waals surface area (Å²) in [4.78, 5) is 16.8. The SMILES string of the molecule is O=C(C1=CC=CN2CCS(=O)(=O)N=C12)N1C2CCNCC1CC2. The Balaban J connectivity index is 1.69. The van der Waals surface area contributed by atoms with Gasteiger partial charge in [-0.3, -0.25) is 4.79 Å². The summed E-state index contributed by atoms with van der Waals surface area (Å²) in [5, 5.41) is 3.37. The molecular formula is C15H20N4O3S. The Hall–Kier alpha value is -1.67. The minimum Gasteiger partial charge on any atom is -0.331 e. The normalized spacial score (nSPS) is 32.0. The summed E-state index contributed by atoms with van der Waals surface area (Å²) in [7, 11) is -3.48. The average molecular weight is 336 g/mol. The molecule has 2 fully saturated rings. The van der Waals surface area contributed by atoms with Crippen LogP contribution in [0.1, 0.15) is 19.3 Å². The van der Waals surface area contributed by atoms with E-state index in [1.165, 1.54) is 0 Å². The first kappa shape index (κ1) is 14.9. The lowest BCUT2D eigenvalue weighted by Crippen LogP contribution is -2.47. The Kier molecular flexibility index (Phi) is 3.53. The predicted octanol–water partition coefficient (Wildman–Crippen LogP) is -0.163. The second-order valence-electron chi connectivity index (χ2n) is 6.41. The highest BCUT2D eigenvalue weighted by Gasteiger charge is 2.41.